The molecule has 2 amide bonds. The number of fused-ring (bicyclic) bond motifs is 1. The van der Waals surface area contributed by atoms with Crippen molar-refractivity contribution in [3.63, 3.8) is 0 Å². The molecule has 7 aromatic rings. The summed E-state index contributed by atoms with van der Waals surface area (Å²) in [6.07, 6.45) is 4.82. The van der Waals surface area contributed by atoms with Crippen molar-refractivity contribution in [1.29, 1.82) is 0 Å². The van der Waals surface area contributed by atoms with Gasteiger partial charge in [0.1, 0.15) is 11.4 Å². The van der Waals surface area contributed by atoms with Gasteiger partial charge in [0, 0.05) is 59.9 Å². The summed E-state index contributed by atoms with van der Waals surface area (Å²) < 4.78 is 5.92. The van der Waals surface area contributed by atoms with Crippen LogP contribution in [-0.2, 0) is 28.2 Å². The van der Waals surface area contributed by atoms with E-state index in [9.17, 15) is 34.5 Å². The fraction of sp³-hybridized carbons (Fsp3) is 0.273. The largest absolute Gasteiger partial charge is 0.506 e. The molecule has 7 N–H and O–H groups in total. The van der Waals surface area contributed by atoms with Crippen molar-refractivity contribution in [2.75, 3.05) is 26.2 Å². The van der Waals surface area contributed by atoms with Gasteiger partial charge < -0.3 is 41.0 Å². The number of hydrogen-bond donors (Lipinski definition) is 7. The molecule has 2 fully saturated rings. The highest BCUT2D eigenvalue weighted by molar-refractivity contribution is 5.95. The van der Waals surface area contributed by atoms with Crippen LogP contribution in [0.5, 0.6) is 5.75 Å². The number of aromatic amines is 1. The van der Waals surface area contributed by atoms with E-state index in [1.54, 1.807) is 72.8 Å². The Hall–Kier alpha value is -7.56. The fourth-order valence-corrected chi connectivity index (χ4v) is 9.22. The number of piperidine rings is 1. The Morgan fingerprint density at radius 1 is 0.786 bits per heavy atom. The Labute approximate surface area is 404 Å². The molecule has 1 saturated heterocycles. The molecule has 0 spiro atoms. The zero-order chi connectivity index (χ0) is 48.6. The minimum Gasteiger partial charge on any atom is -0.506 e. The number of aromatic hydroxyl groups is 1. The molecule has 0 radical (unpaired) electrons. The molecule has 3 heterocycles. The van der Waals surface area contributed by atoms with Gasteiger partial charge in [-0.2, -0.15) is 0 Å². The number of aliphatic hydroxyl groups is 2. The summed E-state index contributed by atoms with van der Waals surface area (Å²) in [7, 11) is 0. The summed E-state index contributed by atoms with van der Waals surface area (Å²) in [4.78, 5) is 66.2. The van der Waals surface area contributed by atoms with Crippen LogP contribution in [0, 0.1) is 5.92 Å². The zero-order valence-electron chi connectivity index (χ0n) is 38.5. The molecule has 1 unspecified atom stereocenters. The van der Waals surface area contributed by atoms with Gasteiger partial charge >= 0.3 is 5.97 Å². The summed E-state index contributed by atoms with van der Waals surface area (Å²) in [6, 6.07) is 38.7. The number of carbonyl (C=O) groups is 3. The first-order chi connectivity index (χ1) is 34.0. The number of aliphatic hydroxyl groups excluding tert-OH is 1. The van der Waals surface area contributed by atoms with E-state index in [-0.39, 0.29) is 59.6 Å². The third-order valence-electron chi connectivity index (χ3n) is 13.3. The maximum absolute atomic E-state index is 14.0. The van der Waals surface area contributed by atoms with Crippen molar-refractivity contribution >= 4 is 28.7 Å². The molecule has 2 aromatic heterocycles. The molecular weight excluding hydrogens is 887 g/mol. The van der Waals surface area contributed by atoms with Crippen LogP contribution in [0.4, 0.5) is 0 Å². The second kappa shape index (κ2) is 21.4. The van der Waals surface area contributed by atoms with Crippen LogP contribution in [-0.4, -0.2) is 91.3 Å². The van der Waals surface area contributed by atoms with Crippen molar-refractivity contribution in [1.82, 2.24) is 35.8 Å². The standard InChI is InChI=1S/C55H55N7O8/c63-48-20-18-44(45-19-21-50(65)61-51(45)48)49(64)32-56-29-35-14-16-38(17-15-35)52(66)58-42-27-43(28-42)59-53(67)47-31-57-30-46(60-47)39-10-7-13-41(26-39)55(69,40-11-5-2-6-12-40)54(68)70-34-37-22-24-62(25-23-37)33-36-8-3-1-4-9-36/h1-21,26,30-31,37,42-43,49,56,63-64,69H,22-25,27-29,32-34H2,(H,58,66)(H,59,67)(H,61,65)/t42?,43?,49-,55?/m0/s1. The second-order valence-electron chi connectivity index (χ2n) is 18.2. The molecule has 2 atom stereocenters. The molecule has 0 bridgehead atoms. The average molecular weight is 942 g/mol. The van der Waals surface area contributed by atoms with E-state index in [1.807, 2.05) is 36.4 Å². The van der Waals surface area contributed by atoms with Gasteiger partial charge in [0.05, 0.1) is 36.3 Å². The van der Waals surface area contributed by atoms with Crippen molar-refractivity contribution in [3.05, 3.63) is 195 Å². The topological polar surface area (TPSA) is 219 Å². The van der Waals surface area contributed by atoms with Crippen molar-refractivity contribution in [3.8, 4) is 17.0 Å². The van der Waals surface area contributed by atoms with Crippen LogP contribution in [0.2, 0.25) is 0 Å². The molecule has 5 aromatic carbocycles. The lowest BCUT2D eigenvalue weighted by molar-refractivity contribution is -0.164. The van der Waals surface area contributed by atoms with E-state index < -0.39 is 23.6 Å². The van der Waals surface area contributed by atoms with Gasteiger partial charge in [-0.05, 0) is 97.3 Å². The SMILES string of the molecule is O=C(NC1CC(NC(=O)c2cncc(-c3cccc(C(O)(C(=O)OCC4CCN(Cc5ccccc5)CC4)c4ccccc4)c3)n2)C1)c1ccc(CNC[C@H](O)c2ccc(O)c3[nH]c(=O)ccc23)cc1. The van der Waals surface area contributed by atoms with Crippen LogP contribution in [0.1, 0.15) is 80.5 Å². The van der Waals surface area contributed by atoms with Crippen LogP contribution in [0.3, 0.4) is 0 Å². The van der Waals surface area contributed by atoms with Gasteiger partial charge in [-0.15, -0.1) is 0 Å². The van der Waals surface area contributed by atoms with E-state index >= 15 is 0 Å². The number of likely N-dealkylation sites (tertiary alicyclic amines) is 1. The fourth-order valence-electron chi connectivity index (χ4n) is 9.22. The monoisotopic (exact) mass is 941 g/mol. The number of nitrogens with one attached hydrogen (secondary N) is 4. The normalized spacial score (nSPS) is 17.5. The zero-order valence-corrected chi connectivity index (χ0v) is 38.5. The first-order valence-corrected chi connectivity index (χ1v) is 23.6. The molecular formula is C55H55N7O8. The van der Waals surface area contributed by atoms with Crippen LogP contribution < -0.4 is 21.5 Å². The van der Waals surface area contributed by atoms with E-state index in [4.69, 9.17) is 4.74 Å². The Morgan fingerprint density at radius 3 is 2.23 bits per heavy atom. The number of nitrogens with zero attached hydrogens (tertiary/aromatic N) is 3. The number of aromatic nitrogens is 3. The second-order valence-corrected chi connectivity index (χ2v) is 18.2. The third kappa shape index (κ3) is 11.0. The minimum absolute atomic E-state index is 0.0755. The van der Waals surface area contributed by atoms with Gasteiger partial charge in [0.25, 0.3) is 11.8 Å². The first kappa shape index (κ1) is 47.5. The number of benzene rings is 5. The van der Waals surface area contributed by atoms with E-state index in [0.29, 0.717) is 58.3 Å². The lowest BCUT2D eigenvalue weighted by atomic mass is 9.85. The predicted molar refractivity (Wildman–Crippen MR) is 263 cm³/mol. The molecule has 15 heteroatoms. The van der Waals surface area contributed by atoms with Crippen molar-refractivity contribution in [2.24, 2.45) is 5.92 Å². The van der Waals surface area contributed by atoms with Gasteiger partial charge in [0.15, 0.2) is 0 Å². The number of esters is 1. The lowest BCUT2D eigenvalue weighted by Gasteiger charge is -2.36. The summed E-state index contributed by atoms with van der Waals surface area (Å²) in [5.41, 5.74) is 2.70. The number of H-pyrrole nitrogens is 1. The Morgan fingerprint density at radius 2 is 1.49 bits per heavy atom. The maximum Gasteiger partial charge on any atom is 0.347 e. The average Bonchev–Trinajstić information content (AvgIpc) is 3.38. The maximum atomic E-state index is 14.0. The summed E-state index contributed by atoms with van der Waals surface area (Å²) in [5, 5.41) is 43.2. The van der Waals surface area contributed by atoms with Gasteiger partial charge in [-0.25, -0.2) is 9.78 Å². The van der Waals surface area contributed by atoms with E-state index in [1.165, 1.54) is 30.1 Å². The number of rotatable bonds is 17. The lowest BCUT2D eigenvalue weighted by Crippen LogP contribution is -2.53. The Bertz CT molecular complexity index is 3010. The molecule has 2 aliphatic rings. The highest BCUT2D eigenvalue weighted by Gasteiger charge is 2.42. The molecule has 358 valence electrons. The molecule has 1 aliphatic carbocycles. The van der Waals surface area contributed by atoms with Crippen molar-refractivity contribution in [2.45, 2.75) is 62.6 Å². The highest BCUT2D eigenvalue weighted by Crippen LogP contribution is 2.35. The molecule has 1 aliphatic heterocycles. The van der Waals surface area contributed by atoms with Crippen LogP contribution >= 0.6 is 0 Å². The number of pyridine rings is 1. The van der Waals surface area contributed by atoms with Crippen LogP contribution in [0.15, 0.2) is 151 Å². The molecule has 15 nitrogen and oxygen atoms in total. The molecule has 70 heavy (non-hydrogen) atoms. The van der Waals surface area contributed by atoms with Crippen LogP contribution in [0.25, 0.3) is 22.2 Å². The number of hydrogen-bond acceptors (Lipinski definition) is 12. The van der Waals surface area contributed by atoms with Gasteiger partial charge in [-0.3, -0.25) is 24.3 Å². The number of ether oxygens (including phenoxy) is 1. The smallest absolute Gasteiger partial charge is 0.347 e. The first-order valence-electron chi connectivity index (χ1n) is 23.6. The number of carbonyl (C=O) groups excluding carboxylic acids is 3. The summed E-state index contributed by atoms with van der Waals surface area (Å²) in [5.74, 6) is -1.32. The summed E-state index contributed by atoms with van der Waals surface area (Å²) in [6.45, 7) is 3.50. The van der Waals surface area contributed by atoms with Gasteiger partial charge in [0.2, 0.25) is 11.2 Å². The Kier molecular flexibility index (Phi) is 14.5. The number of phenolic OH excluding ortho intramolecular Hbond substituents is 1. The minimum atomic E-state index is -2.12. The van der Waals surface area contributed by atoms with Crippen molar-refractivity contribution < 1.29 is 34.4 Å². The number of phenols is 1. The Balaban J connectivity index is 0.754. The van der Waals surface area contributed by atoms with Gasteiger partial charge in [-0.1, -0.05) is 97.1 Å². The molecule has 1 saturated carbocycles. The predicted octanol–water partition coefficient (Wildman–Crippen LogP) is 5.90. The quantitative estimate of drug-likeness (QED) is 0.0532. The van der Waals surface area contributed by atoms with E-state index in [0.717, 1.165) is 38.0 Å². The molecule has 9 rings (SSSR count). The highest BCUT2D eigenvalue weighted by atomic mass is 16.5. The van der Waals surface area contributed by atoms with E-state index in [2.05, 4.69) is 47.9 Å². The number of amides is 2. The summed E-state index contributed by atoms with van der Waals surface area (Å²) >= 11 is 0. The third-order valence-corrected chi connectivity index (χ3v) is 13.3.